The van der Waals surface area contributed by atoms with Crippen molar-refractivity contribution in [1.29, 1.82) is 0 Å². The van der Waals surface area contributed by atoms with Gasteiger partial charge in [0.15, 0.2) is 0 Å². The van der Waals surface area contributed by atoms with Crippen molar-refractivity contribution in [3.63, 3.8) is 0 Å². The Morgan fingerprint density at radius 3 is 2.80 bits per heavy atom. The summed E-state index contributed by atoms with van der Waals surface area (Å²) < 4.78 is 1.25. The Morgan fingerprint density at radius 1 is 1.53 bits per heavy atom. The number of hydrogen-bond donors (Lipinski definition) is 2. The molecule has 1 atom stereocenters. The van der Waals surface area contributed by atoms with Crippen LogP contribution in [0.25, 0.3) is 0 Å². The smallest absolute Gasteiger partial charge is 0.329 e. The van der Waals surface area contributed by atoms with Crippen LogP contribution in [0.15, 0.2) is 16.9 Å². The van der Waals surface area contributed by atoms with Crippen LogP contribution >= 0.6 is 0 Å². The Balaban J connectivity index is 2.71. The molecule has 0 amide bonds. The predicted molar refractivity (Wildman–Crippen MR) is 52.0 cm³/mol. The third kappa shape index (κ3) is 1.23. The van der Waals surface area contributed by atoms with Crippen LogP contribution in [0.3, 0.4) is 0 Å². The van der Waals surface area contributed by atoms with E-state index in [0.717, 1.165) is 6.07 Å². The van der Waals surface area contributed by atoms with E-state index in [1.807, 2.05) is 0 Å². The monoisotopic (exact) mass is 209 g/mol. The first kappa shape index (κ1) is 9.76. The third-order valence-electron chi connectivity index (χ3n) is 2.92. The Kier molecular flexibility index (Phi) is 1.86. The van der Waals surface area contributed by atoms with Gasteiger partial charge < -0.3 is 10.2 Å². The maximum atomic E-state index is 11.6. The number of carboxylic acid groups (broad SMARTS) is 1. The van der Waals surface area contributed by atoms with Crippen molar-refractivity contribution in [2.24, 2.45) is 0 Å². The zero-order valence-electron chi connectivity index (χ0n) is 8.23. The fraction of sp³-hybridized carbons (Fsp3) is 0.400. The summed E-state index contributed by atoms with van der Waals surface area (Å²) in [6.07, 6.45) is 0.869. The molecule has 0 spiro atoms. The molecule has 0 bridgehead atoms. The molecule has 1 aromatic heterocycles. The molecule has 1 aliphatic heterocycles. The van der Waals surface area contributed by atoms with Gasteiger partial charge >= 0.3 is 5.97 Å². The van der Waals surface area contributed by atoms with Crippen molar-refractivity contribution in [3.05, 3.63) is 28.2 Å². The van der Waals surface area contributed by atoms with E-state index in [4.69, 9.17) is 5.11 Å². The number of fused-ring (bicyclic) bond motifs is 1. The van der Waals surface area contributed by atoms with E-state index < -0.39 is 17.1 Å². The normalized spacial score (nSPS) is 23.8. The van der Waals surface area contributed by atoms with E-state index in [1.54, 1.807) is 0 Å². The molecule has 15 heavy (non-hydrogen) atoms. The van der Waals surface area contributed by atoms with Crippen LogP contribution in [-0.4, -0.2) is 20.7 Å². The van der Waals surface area contributed by atoms with Gasteiger partial charge in [-0.3, -0.25) is 9.36 Å². The highest BCUT2D eigenvalue weighted by atomic mass is 16.4. The number of nitrogens with zero attached hydrogens (tertiary/aromatic N) is 1. The molecule has 0 saturated carbocycles. The molecule has 80 valence electrons. The summed E-state index contributed by atoms with van der Waals surface area (Å²) >= 11 is 0. The van der Waals surface area contributed by atoms with Gasteiger partial charge in [-0.05, 0) is 25.8 Å². The van der Waals surface area contributed by atoms with Crippen LogP contribution in [-0.2, 0) is 16.8 Å². The van der Waals surface area contributed by atoms with Gasteiger partial charge in [0.1, 0.15) is 11.3 Å². The van der Waals surface area contributed by atoms with E-state index in [0.29, 0.717) is 18.5 Å². The second kappa shape index (κ2) is 2.85. The van der Waals surface area contributed by atoms with Gasteiger partial charge in [0.2, 0.25) is 0 Å². The van der Waals surface area contributed by atoms with Crippen LogP contribution < -0.4 is 5.56 Å². The third-order valence-corrected chi connectivity index (χ3v) is 2.92. The number of carbonyl (C=O) groups is 1. The molecular weight excluding hydrogens is 198 g/mol. The fourth-order valence-corrected chi connectivity index (χ4v) is 2.04. The molecule has 0 aromatic carbocycles. The van der Waals surface area contributed by atoms with Gasteiger partial charge in [0, 0.05) is 11.8 Å². The number of aromatic hydroxyl groups is 1. The Bertz CT molecular complexity index is 491. The number of pyridine rings is 1. The largest absolute Gasteiger partial charge is 0.508 e. The number of aryl methyl sites for hydroxylation is 1. The van der Waals surface area contributed by atoms with Crippen molar-refractivity contribution in [3.8, 4) is 5.75 Å². The second-order valence-electron chi connectivity index (χ2n) is 3.96. The van der Waals surface area contributed by atoms with Crippen molar-refractivity contribution < 1.29 is 15.0 Å². The maximum absolute atomic E-state index is 11.6. The van der Waals surface area contributed by atoms with Crippen molar-refractivity contribution in [1.82, 2.24) is 4.57 Å². The van der Waals surface area contributed by atoms with Crippen LogP contribution in [0.2, 0.25) is 0 Å². The van der Waals surface area contributed by atoms with Crippen LogP contribution in [0.5, 0.6) is 5.75 Å². The topological polar surface area (TPSA) is 79.5 Å². The highest BCUT2D eigenvalue weighted by molar-refractivity contribution is 5.77. The molecule has 2 rings (SSSR count). The lowest BCUT2D eigenvalue weighted by atomic mass is 10.00. The summed E-state index contributed by atoms with van der Waals surface area (Å²) in [6, 6.07) is 2.48. The molecule has 2 heterocycles. The first-order valence-corrected chi connectivity index (χ1v) is 4.64. The van der Waals surface area contributed by atoms with Crippen LogP contribution in [0.1, 0.15) is 19.0 Å². The molecule has 2 N–H and O–H groups in total. The first-order valence-electron chi connectivity index (χ1n) is 4.64. The zero-order valence-corrected chi connectivity index (χ0v) is 8.23. The van der Waals surface area contributed by atoms with Crippen molar-refractivity contribution in [2.75, 3.05) is 0 Å². The summed E-state index contributed by atoms with van der Waals surface area (Å²) in [5, 5.41) is 18.3. The van der Waals surface area contributed by atoms with E-state index in [-0.39, 0.29) is 5.75 Å². The lowest BCUT2D eigenvalue weighted by Gasteiger charge is -2.21. The van der Waals surface area contributed by atoms with Gasteiger partial charge in [0.05, 0.1) is 0 Å². The molecule has 5 heteroatoms. The van der Waals surface area contributed by atoms with Crippen molar-refractivity contribution in [2.45, 2.75) is 25.3 Å². The summed E-state index contributed by atoms with van der Waals surface area (Å²) in [4.78, 5) is 22.7. The van der Waals surface area contributed by atoms with Crippen LogP contribution in [0.4, 0.5) is 0 Å². The van der Waals surface area contributed by atoms with Crippen molar-refractivity contribution >= 4 is 5.97 Å². The van der Waals surface area contributed by atoms with Gasteiger partial charge in [-0.2, -0.15) is 0 Å². The SMILES string of the molecule is CC1(C(=O)O)CCc2cc(O)cc(=O)n21. The highest BCUT2D eigenvalue weighted by Gasteiger charge is 2.41. The summed E-state index contributed by atoms with van der Waals surface area (Å²) in [7, 11) is 0. The average molecular weight is 209 g/mol. The lowest BCUT2D eigenvalue weighted by Crippen LogP contribution is -2.42. The molecule has 1 aliphatic rings. The maximum Gasteiger partial charge on any atom is 0.329 e. The Morgan fingerprint density at radius 2 is 2.20 bits per heavy atom. The summed E-state index contributed by atoms with van der Waals surface area (Å²) in [5.74, 6) is -1.13. The number of hydrogen-bond acceptors (Lipinski definition) is 3. The van der Waals surface area contributed by atoms with E-state index in [9.17, 15) is 14.7 Å². The minimum atomic E-state index is -1.18. The van der Waals surface area contributed by atoms with Crippen LogP contribution in [0, 0.1) is 0 Å². The molecule has 0 saturated heterocycles. The van der Waals surface area contributed by atoms with Gasteiger partial charge in [0.25, 0.3) is 5.56 Å². The fourth-order valence-electron chi connectivity index (χ4n) is 2.04. The second-order valence-corrected chi connectivity index (χ2v) is 3.96. The number of aliphatic carboxylic acids is 1. The molecule has 0 fully saturated rings. The average Bonchev–Trinajstić information content (AvgIpc) is 2.44. The lowest BCUT2D eigenvalue weighted by molar-refractivity contribution is -0.146. The number of carboxylic acids is 1. The Hall–Kier alpha value is -1.78. The Labute approximate surface area is 85.6 Å². The van der Waals surface area contributed by atoms with Gasteiger partial charge in [-0.25, -0.2) is 4.79 Å². The molecule has 1 unspecified atom stereocenters. The first-order chi connectivity index (χ1) is 6.95. The number of aromatic nitrogens is 1. The highest BCUT2D eigenvalue weighted by Crippen LogP contribution is 2.31. The van der Waals surface area contributed by atoms with Gasteiger partial charge in [-0.1, -0.05) is 0 Å². The van der Waals surface area contributed by atoms with E-state index in [1.165, 1.54) is 17.6 Å². The zero-order chi connectivity index (χ0) is 11.2. The number of rotatable bonds is 1. The minimum absolute atomic E-state index is 0.110. The quantitative estimate of drug-likeness (QED) is 0.697. The van der Waals surface area contributed by atoms with Gasteiger partial charge in [-0.15, -0.1) is 0 Å². The van der Waals surface area contributed by atoms with E-state index >= 15 is 0 Å². The molecule has 0 radical (unpaired) electrons. The predicted octanol–water partition coefficient (Wildman–Crippen LogP) is 0.300. The van der Waals surface area contributed by atoms with E-state index in [2.05, 4.69) is 0 Å². The molecule has 5 nitrogen and oxygen atoms in total. The molecular formula is C10H11NO4. The summed E-state index contributed by atoms with van der Waals surface area (Å²) in [6.45, 7) is 1.52. The molecule has 1 aromatic rings. The summed E-state index contributed by atoms with van der Waals surface area (Å²) in [5.41, 5.74) is -1.07. The minimum Gasteiger partial charge on any atom is -0.508 e. The molecule has 0 aliphatic carbocycles. The standard InChI is InChI=1S/C10H11NO4/c1-10(9(14)15)3-2-6-4-7(12)5-8(13)11(6)10/h4-5,12H,2-3H2,1H3,(H,14,15).